The van der Waals surface area contributed by atoms with Crippen LogP contribution < -0.4 is 4.74 Å². The first-order chi connectivity index (χ1) is 13.3. The molecule has 27 heavy (non-hydrogen) atoms. The molecule has 2 atom stereocenters. The van der Waals surface area contributed by atoms with Crippen molar-refractivity contribution < 1.29 is 14.6 Å². The maximum Gasteiger partial charge on any atom is 0.167 e. The molecule has 3 aliphatic rings. The molecule has 3 aliphatic heterocycles. The smallest absolute Gasteiger partial charge is 0.167 e. The van der Waals surface area contributed by atoms with E-state index in [9.17, 15) is 5.11 Å². The number of phenolic OH excluding ortho intramolecular Hbond substituents is 1. The molecule has 5 rings (SSSR count). The first-order valence-corrected chi connectivity index (χ1v) is 9.99. The summed E-state index contributed by atoms with van der Waals surface area (Å²) in [4.78, 5) is 6.59. The fourth-order valence-corrected chi connectivity index (χ4v) is 5.09. The molecule has 1 spiro atoms. The molecule has 5 nitrogen and oxygen atoms in total. The molecule has 142 valence electrons. The molecule has 2 aromatic rings. The summed E-state index contributed by atoms with van der Waals surface area (Å²) in [7, 11) is 0. The zero-order valence-electron chi connectivity index (χ0n) is 15.5. The van der Waals surface area contributed by atoms with Gasteiger partial charge in [-0.1, -0.05) is 12.1 Å². The van der Waals surface area contributed by atoms with Gasteiger partial charge in [-0.3, -0.25) is 9.88 Å². The van der Waals surface area contributed by atoms with E-state index in [0.717, 1.165) is 57.5 Å². The lowest BCUT2D eigenvalue weighted by atomic mass is 9.70. The Labute approximate surface area is 159 Å². The van der Waals surface area contributed by atoms with E-state index in [1.807, 2.05) is 24.5 Å². The number of phenols is 1. The second-order valence-corrected chi connectivity index (χ2v) is 8.03. The van der Waals surface area contributed by atoms with Crippen molar-refractivity contribution in [3.63, 3.8) is 0 Å². The molecular formula is C22H26N2O3. The molecule has 0 bridgehead atoms. The summed E-state index contributed by atoms with van der Waals surface area (Å²) in [5, 5.41) is 10.4. The van der Waals surface area contributed by atoms with Crippen molar-refractivity contribution in [1.29, 1.82) is 0 Å². The minimum atomic E-state index is -0.230. The molecule has 4 heterocycles. The molecule has 0 unspecified atom stereocenters. The van der Waals surface area contributed by atoms with Crippen LogP contribution in [-0.4, -0.2) is 40.3 Å². The number of benzene rings is 1. The minimum Gasteiger partial charge on any atom is -0.504 e. The number of likely N-dealkylation sites (tertiary alicyclic amines) is 1. The predicted molar refractivity (Wildman–Crippen MR) is 102 cm³/mol. The minimum absolute atomic E-state index is 0.0429. The number of hydrogen-bond acceptors (Lipinski definition) is 5. The number of pyridine rings is 1. The Morgan fingerprint density at radius 3 is 2.78 bits per heavy atom. The van der Waals surface area contributed by atoms with Gasteiger partial charge in [0, 0.05) is 63.0 Å². The van der Waals surface area contributed by atoms with Gasteiger partial charge in [0.25, 0.3) is 0 Å². The second-order valence-electron chi connectivity index (χ2n) is 8.03. The van der Waals surface area contributed by atoms with Crippen LogP contribution in [0.5, 0.6) is 11.5 Å². The molecule has 0 saturated carbocycles. The number of para-hydroxylation sites is 1. The number of nitrogens with zero attached hydrogens (tertiary/aromatic N) is 2. The highest BCUT2D eigenvalue weighted by Gasteiger charge is 2.52. The lowest BCUT2D eigenvalue weighted by molar-refractivity contribution is -0.150. The standard InChI is InChI=1S/C22H26N2O3/c25-19-5-1-3-17-20-18(4-2-14-26-20)22(27-21(17)19)8-12-24(13-9-22)15-16-6-10-23-11-7-16/h1,3,5-7,10-11,18,20,25H,2,4,8-9,12-15H2/t18-,20+/m0/s1. The van der Waals surface area contributed by atoms with Gasteiger partial charge in [-0.25, -0.2) is 0 Å². The number of aromatic hydroxyl groups is 1. The van der Waals surface area contributed by atoms with Gasteiger partial charge in [-0.05, 0) is 36.6 Å². The Morgan fingerprint density at radius 2 is 1.96 bits per heavy atom. The number of piperidine rings is 1. The van der Waals surface area contributed by atoms with Gasteiger partial charge in [-0.15, -0.1) is 0 Å². The van der Waals surface area contributed by atoms with Crippen molar-refractivity contribution in [3.8, 4) is 11.5 Å². The third kappa shape index (κ3) is 2.99. The van der Waals surface area contributed by atoms with E-state index >= 15 is 0 Å². The van der Waals surface area contributed by atoms with Crippen molar-refractivity contribution in [2.24, 2.45) is 5.92 Å². The summed E-state index contributed by atoms with van der Waals surface area (Å²) in [5.74, 6) is 1.24. The average Bonchev–Trinajstić information content (AvgIpc) is 2.72. The van der Waals surface area contributed by atoms with Gasteiger partial charge >= 0.3 is 0 Å². The Morgan fingerprint density at radius 1 is 1.15 bits per heavy atom. The fraction of sp³-hybridized carbons (Fsp3) is 0.500. The fourth-order valence-electron chi connectivity index (χ4n) is 5.09. The van der Waals surface area contributed by atoms with E-state index in [1.165, 1.54) is 5.56 Å². The number of rotatable bonds is 2. The number of fused-ring (bicyclic) bond motifs is 4. The van der Waals surface area contributed by atoms with Crippen LogP contribution in [-0.2, 0) is 11.3 Å². The Bertz CT molecular complexity index is 802. The van der Waals surface area contributed by atoms with Crippen molar-refractivity contribution in [2.45, 2.75) is 43.9 Å². The number of hydrogen-bond donors (Lipinski definition) is 1. The van der Waals surface area contributed by atoms with Gasteiger partial charge in [0.15, 0.2) is 11.5 Å². The monoisotopic (exact) mass is 366 g/mol. The van der Waals surface area contributed by atoms with E-state index in [2.05, 4.69) is 22.0 Å². The number of ether oxygens (including phenoxy) is 2. The first kappa shape index (κ1) is 17.0. The second kappa shape index (κ2) is 6.80. The van der Waals surface area contributed by atoms with Crippen LogP contribution in [0.4, 0.5) is 0 Å². The molecule has 0 aliphatic carbocycles. The summed E-state index contributed by atoms with van der Waals surface area (Å²) < 4.78 is 12.8. The highest BCUT2D eigenvalue weighted by Crippen LogP contribution is 2.55. The van der Waals surface area contributed by atoms with Gasteiger partial charge in [-0.2, -0.15) is 0 Å². The van der Waals surface area contributed by atoms with Crippen LogP contribution in [0.15, 0.2) is 42.7 Å². The topological polar surface area (TPSA) is 54.8 Å². The van der Waals surface area contributed by atoms with E-state index in [4.69, 9.17) is 9.47 Å². The van der Waals surface area contributed by atoms with Crippen molar-refractivity contribution in [1.82, 2.24) is 9.88 Å². The summed E-state index contributed by atoms with van der Waals surface area (Å²) in [5.41, 5.74) is 2.09. The van der Waals surface area contributed by atoms with E-state index < -0.39 is 0 Å². The molecule has 2 fully saturated rings. The highest BCUT2D eigenvalue weighted by molar-refractivity contribution is 5.49. The zero-order chi connectivity index (χ0) is 18.3. The van der Waals surface area contributed by atoms with Crippen LogP contribution in [0.25, 0.3) is 0 Å². The molecular weight excluding hydrogens is 340 g/mol. The van der Waals surface area contributed by atoms with Crippen LogP contribution >= 0.6 is 0 Å². The number of aromatic nitrogens is 1. The summed E-state index contributed by atoms with van der Waals surface area (Å²) >= 11 is 0. The van der Waals surface area contributed by atoms with Gasteiger partial charge in [0.1, 0.15) is 5.60 Å². The molecule has 1 aromatic carbocycles. The molecule has 0 amide bonds. The van der Waals surface area contributed by atoms with Gasteiger partial charge in [0.05, 0.1) is 6.10 Å². The Kier molecular flexibility index (Phi) is 4.29. The van der Waals surface area contributed by atoms with Crippen LogP contribution in [0.3, 0.4) is 0 Å². The van der Waals surface area contributed by atoms with E-state index in [0.29, 0.717) is 11.7 Å². The van der Waals surface area contributed by atoms with E-state index in [-0.39, 0.29) is 17.5 Å². The highest BCUT2D eigenvalue weighted by atomic mass is 16.5. The molecule has 1 aromatic heterocycles. The lowest BCUT2D eigenvalue weighted by Gasteiger charge is -2.53. The molecule has 0 radical (unpaired) electrons. The van der Waals surface area contributed by atoms with E-state index in [1.54, 1.807) is 6.07 Å². The summed E-state index contributed by atoms with van der Waals surface area (Å²) in [6.07, 6.45) is 7.91. The molecule has 5 heteroatoms. The van der Waals surface area contributed by atoms with Crippen molar-refractivity contribution in [3.05, 3.63) is 53.9 Å². The van der Waals surface area contributed by atoms with Crippen LogP contribution in [0.2, 0.25) is 0 Å². The largest absolute Gasteiger partial charge is 0.504 e. The average molecular weight is 366 g/mol. The summed E-state index contributed by atoms with van der Waals surface area (Å²) in [6, 6.07) is 9.82. The Balaban J connectivity index is 1.39. The molecule has 1 N–H and O–H groups in total. The van der Waals surface area contributed by atoms with Gasteiger partial charge in [0.2, 0.25) is 0 Å². The maximum atomic E-state index is 10.4. The Hall–Kier alpha value is -2.11. The van der Waals surface area contributed by atoms with Gasteiger partial charge < -0.3 is 14.6 Å². The summed E-state index contributed by atoms with van der Waals surface area (Å²) in [6.45, 7) is 3.73. The lowest BCUT2D eigenvalue weighted by Crippen LogP contribution is -2.57. The van der Waals surface area contributed by atoms with Crippen LogP contribution in [0, 0.1) is 5.92 Å². The third-order valence-corrected chi connectivity index (χ3v) is 6.49. The maximum absolute atomic E-state index is 10.4. The first-order valence-electron chi connectivity index (χ1n) is 9.99. The predicted octanol–water partition coefficient (Wildman–Crippen LogP) is 3.68. The quantitative estimate of drug-likeness (QED) is 0.879. The third-order valence-electron chi connectivity index (χ3n) is 6.49. The van der Waals surface area contributed by atoms with Crippen LogP contribution in [0.1, 0.15) is 42.9 Å². The van der Waals surface area contributed by atoms with Crippen molar-refractivity contribution >= 4 is 0 Å². The zero-order valence-corrected chi connectivity index (χ0v) is 15.5. The molecule has 2 saturated heterocycles. The van der Waals surface area contributed by atoms with Crippen molar-refractivity contribution in [2.75, 3.05) is 19.7 Å². The normalized spacial score (nSPS) is 26.8. The SMILES string of the molecule is Oc1cccc2c1OC1(CCN(Cc3ccncc3)CC1)[C@H]1CCCO[C@H]21.